The van der Waals surface area contributed by atoms with Crippen LogP contribution in [-0.2, 0) is 19.7 Å². The highest BCUT2D eigenvalue weighted by Crippen LogP contribution is 2.67. The van der Waals surface area contributed by atoms with Crippen molar-refractivity contribution in [1.82, 2.24) is 0 Å². The minimum Gasteiger partial charge on any atom is -0.393 e. The van der Waals surface area contributed by atoms with Crippen molar-refractivity contribution in [2.75, 3.05) is 0 Å². The summed E-state index contributed by atoms with van der Waals surface area (Å²) in [5, 5.41) is 0. The van der Waals surface area contributed by atoms with Crippen molar-refractivity contribution < 1.29 is 14.3 Å². The summed E-state index contributed by atoms with van der Waals surface area (Å²) >= 11 is 0. The van der Waals surface area contributed by atoms with Crippen LogP contribution >= 0.6 is 0 Å². The Balaban J connectivity index is 1.76. The third-order valence-electron chi connectivity index (χ3n) is 7.40. The van der Waals surface area contributed by atoms with Gasteiger partial charge in [-0.3, -0.25) is 9.59 Å². The van der Waals surface area contributed by atoms with Crippen LogP contribution in [-0.4, -0.2) is 11.9 Å². The van der Waals surface area contributed by atoms with E-state index in [0.717, 1.165) is 27.8 Å². The number of esters is 2. The molecule has 3 aliphatic carbocycles. The molecule has 142 valence electrons. The Kier molecular flexibility index (Phi) is 3.27. The topological polar surface area (TPSA) is 43.4 Å². The quantitative estimate of drug-likeness (QED) is 0.484. The number of carbonyl (C=O) groups is 2. The van der Waals surface area contributed by atoms with E-state index in [9.17, 15) is 9.59 Å². The van der Waals surface area contributed by atoms with Crippen LogP contribution < -0.4 is 0 Å². The lowest BCUT2D eigenvalue weighted by atomic mass is 9.43. The van der Waals surface area contributed by atoms with E-state index < -0.39 is 17.3 Å². The van der Waals surface area contributed by atoms with Gasteiger partial charge in [0.25, 0.3) is 0 Å². The van der Waals surface area contributed by atoms with Crippen LogP contribution in [0.1, 0.15) is 46.6 Å². The summed E-state index contributed by atoms with van der Waals surface area (Å²) < 4.78 is 5.28. The van der Waals surface area contributed by atoms with Crippen molar-refractivity contribution in [2.45, 2.75) is 24.2 Å². The van der Waals surface area contributed by atoms with E-state index in [0.29, 0.717) is 0 Å². The molecule has 3 atom stereocenters. The molecule has 0 amide bonds. The minimum atomic E-state index is -0.628. The maximum atomic E-state index is 13.1. The van der Waals surface area contributed by atoms with Crippen molar-refractivity contribution in [3.05, 3.63) is 107 Å². The molecule has 0 unspecified atom stereocenters. The van der Waals surface area contributed by atoms with Gasteiger partial charge in [0.1, 0.15) is 0 Å². The highest BCUT2D eigenvalue weighted by Gasteiger charge is 2.68. The number of rotatable bonds is 2. The molecule has 1 aliphatic heterocycles. The lowest BCUT2D eigenvalue weighted by Crippen LogP contribution is -2.55. The smallest absolute Gasteiger partial charge is 0.318 e. The molecule has 0 radical (unpaired) electrons. The second-order valence-electron chi connectivity index (χ2n) is 8.40. The number of hydrogen-bond acceptors (Lipinski definition) is 3. The van der Waals surface area contributed by atoms with Gasteiger partial charge in [-0.2, -0.15) is 0 Å². The summed E-state index contributed by atoms with van der Waals surface area (Å²) in [6.07, 6.45) is 0. The van der Waals surface area contributed by atoms with Gasteiger partial charge in [-0.25, -0.2) is 0 Å². The zero-order valence-corrected chi connectivity index (χ0v) is 16.0. The van der Waals surface area contributed by atoms with Crippen LogP contribution in [0.3, 0.4) is 0 Å². The van der Waals surface area contributed by atoms with Gasteiger partial charge in [-0.05, 0) is 33.7 Å². The third kappa shape index (κ3) is 1.88. The minimum absolute atomic E-state index is 0.00167. The Morgan fingerprint density at radius 3 is 1.93 bits per heavy atom. The molecule has 1 fully saturated rings. The van der Waals surface area contributed by atoms with Gasteiger partial charge < -0.3 is 4.74 Å². The lowest BCUT2D eigenvalue weighted by Gasteiger charge is -2.56. The summed E-state index contributed by atoms with van der Waals surface area (Å²) in [6.45, 7) is 2.18. The molecular formula is C26H20O3. The van der Waals surface area contributed by atoms with Crippen LogP contribution in [0.25, 0.3) is 0 Å². The fraction of sp³-hybridized carbons (Fsp3) is 0.231. The zero-order valence-electron chi connectivity index (χ0n) is 16.0. The maximum Gasteiger partial charge on any atom is 0.318 e. The second-order valence-corrected chi connectivity index (χ2v) is 8.40. The summed E-state index contributed by atoms with van der Waals surface area (Å²) in [7, 11) is 0. The van der Waals surface area contributed by atoms with Crippen LogP contribution in [0.5, 0.6) is 0 Å². The molecule has 0 aromatic heterocycles. The van der Waals surface area contributed by atoms with Crippen molar-refractivity contribution in [3.8, 4) is 0 Å². The summed E-state index contributed by atoms with van der Waals surface area (Å²) in [4.78, 5) is 26.0. The number of cyclic esters (lactones) is 2. The Bertz CT molecular complexity index is 1120. The van der Waals surface area contributed by atoms with Crippen molar-refractivity contribution in [1.29, 1.82) is 0 Å². The lowest BCUT2D eigenvalue weighted by molar-refractivity contribution is -0.154. The first-order chi connectivity index (χ1) is 14.2. The van der Waals surface area contributed by atoms with Crippen LogP contribution in [0.2, 0.25) is 0 Å². The van der Waals surface area contributed by atoms with E-state index in [4.69, 9.17) is 4.74 Å². The van der Waals surface area contributed by atoms with Crippen molar-refractivity contribution >= 4 is 11.9 Å². The van der Waals surface area contributed by atoms with E-state index in [2.05, 4.69) is 43.3 Å². The highest BCUT2D eigenvalue weighted by molar-refractivity contribution is 6.01. The molecule has 0 spiro atoms. The molecule has 1 heterocycles. The molecule has 0 N–H and O–H groups in total. The molecule has 3 aromatic rings. The molecule has 2 bridgehead atoms. The molecule has 7 rings (SSSR count). The van der Waals surface area contributed by atoms with E-state index in [-0.39, 0.29) is 23.8 Å². The van der Waals surface area contributed by atoms with E-state index in [1.54, 1.807) is 0 Å². The first-order valence-electron chi connectivity index (χ1n) is 10.1. The SMILES string of the molecule is C[C@H](c1ccccc1)C12c3ccccc3C(c3ccccc31)[C@H]1C(=O)OC(=O)[C@H]12. The highest BCUT2D eigenvalue weighted by atomic mass is 16.6. The molecule has 0 saturated carbocycles. The Morgan fingerprint density at radius 2 is 1.31 bits per heavy atom. The van der Waals surface area contributed by atoms with E-state index in [1.807, 2.05) is 42.5 Å². The summed E-state index contributed by atoms with van der Waals surface area (Å²) in [5.74, 6) is -1.84. The Hall–Kier alpha value is -3.20. The maximum absolute atomic E-state index is 13.1. The predicted molar refractivity (Wildman–Crippen MR) is 108 cm³/mol. The van der Waals surface area contributed by atoms with Crippen molar-refractivity contribution in [3.63, 3.8) is 0 Å². The normalized spacial score (nSPS) is 29.6. The molecular weight excluding hydrogens is 360 g/mol. The number of carbonyl (C=O) groups excluding carboxylic acids is 2. The third-order valence-corrected chi connectivity index (χ3v) is 7.40. The van der Waals surface area contributed by atoms with Gasteiger partial charge in [0.2, 0.25) is 0 Å². The van der Waals surface area contributed by atoms with Crippen LogP contribution in [0.15, 0.2) is 78.9 Å². The predicted octanol–water partition coefficient (Wildman–Crippen LogP) is 4.55. The van der Waals surface area contributed by atoms with Gasteiger partial charge in [0.15, 0.2) is 0 Å². The van der Waals surface area contributed by atoms with Gasteiger partial charge in [0.05, 0.1) is 11.8 Å². The largest absolute Gasteiger partial charge is 0.393 e. The molecule has 3 aromatic carbocycles. The Labute approximate surface area is 169 Å². The van der Waals surface area contributed by atoms with Crippen LogP contribution in [0.4, 0.5) is 0 Å². The molecule has 29 heavy (non-hydrogen) atoms. The summed E-state index contributed by atoms with van der Waals surface area (Å²) in [5.41, 5.74) is 5.16. The zero-order chi connectivity index (χ0) is 19.8. The average molecular weight is 380 g/mol. The fourth-order valence-corrected chi connectivity index (χ4v) is 6.38. The molecule has 1 saturated heterocycles. The summed E-state index contributed by atoms with van der Waals surface area (Å²) in [6, 6.07) is 27.0. The number of hydrogen-bond donors (Lipinski definition) is 0. The standard InChI is InChI=1S/C26H20O3/c1-15(16-9-3-2-4-10-16)26-19-13-7-5-11-17(19)21(18-12-6-8-14-20(18)26)22-23(26)25(28)29-24(22)27/h2-15,21-23H,1H3/t15-,21?,22-,23+,26?/m1/s1. The fourth-order valence-electron chi connectivity index (χ4n) is 6.38. The van der Waals surface area contributed by atoms with Gasteiger partial charge >= 0.3 is 11.9 Å². The van der Waals surface area contributed by atoms with Gasteiger partial charge in [-0.1, -0.05) is 85.8 Å². The van der Waals surface area contributed by atoms with Gasteiger partial charge in [0, 0.05) is 11.3 Å². The second kappa shape index (κ2) is 5.66. The van der Waals surface area contributed by atoms with E-state index >= 15 is 0 Å². The monoisotopic (exact) mass is 380 g/mol. The number of benzene rings is 3. The average Bonchev–Trinajstić information content (AvgIpc) is 3.08. The van der Waals surface area contributed by atoms with Gasteiger partial charge in [-0.15, -0.1) is 0 Å². The first kappa shape index (κ1) is 16.7. The number of ether oxygens (including phenoxy) is 1. The first-order valence-corrected chi connectivity index (χ1v) is 10.1. The molecule has 3 heteroatoms. The van der Waals surface area contributed by atoms with E-state index in [1.165, 1.54) is 0 Å². The Morgan fingerprint density at radius 1 is 0.759 bits per heavy atom. The molecule has 4 aliphatic rings. The molecule has 3 nitrogen and oxygen atoms in total. The van der Waals surface area contributed by atoms with Crippen molar-refractivity contribution in [2.24, 2.45) is 11.8 Å². The van der Waals surface area contributed by atoms with Crippen LogP contribution in [0, 0.1) is 11.8 Å².